The Hall–Kier alpha value is -1.86. The molecule has 3 rings (SSSR count). The summed E-state index contributed by atoms with van der Waals surface area (Å²) in [6.07, 6.45) is 0. The minimum atomic E-state index is 0.129. The highest BCUT2D eigenvalue weighted by Crippen LogP contribution is 2.24. The molecule has 1 amide bonds. The minimum absolute atomic E-state index is 0.129. The Morgan fingerprint density at radius 2 is 1.88 bits per heavy atom. The second kappa shape index (κ2) is 8.22. The van der Waals surface area contributed by atoms with Gasteiger partial charge in [0.2, 0.25) is 11.8 Å². The number of thioether (sulfide) groups is 1. The molecular formula is C19H26N4O2S. The van der Waals surface area contributed by atoms with Gasteiger partial charge in [-0.2, -0.15) is 0 Å². The fourth-order valence-corrected chi connectivity index (χ4v) is 3.85. The van der Waals surface area contributed by atoms with Gasteiger partial charge in [0.25, 0.3) is 5.22 Å². The van der Waals surface area contributed by atoms with Crippen molar-refractivity contribution in [3.05, 3.63) is 40.8 Å². The maximum absolute atomic E-state index is 12.4. The molecule has 1 aromatic carbocycles. The lowest BCUT2D eigenvalue weighted by atomic mass is 10.0. The summed E-state index contributed by atoms with van der Waals surface area (Å²) in [6, 6.07) is 7.05. The van der Waals surface area contributed by atoms with E-state index in [4.69, 9.17) is 4.42 Å². The Kier molecular flexibility index (Phi) is 5.98. The van der Waals surface area contributed by atoms with Crippen LogP contribution in [0.1, 0.15) is 35.5 Å². The van der Waals surface area contributed by atoms with E-state index >= 15 is 0 Å². The van der Waals surface area contributed by atoms with Gasteiger partial charge in [-0.05, 0) is 37.5 Å². The molecule has 140 valence electrons. The summed E-state index contributed by atoms with van der Waals surface area (Å²) < 4.78 is 5.30. The highest BCUT2D eigenvalue weighted by atomic mass is 32.2. The summed E-state index contributed by atoms with van der Waals surface area (Å²) in [5, 5.41) is 8.15. The largest absolute Gasteiger partial charge is 0.416 e. The van der Waals surface area contributed by atoms with E-state index in [9.17, 15) is 4.79 Å². The number of rotatable bonds is 5. The number of hydrogen-bond acceptors (Lipinski definition) is 6. The fraction of sp³-hybridized carbons (Fsp3) is 0.526. The number of hydrogen-bond donors (Lipinski definition) is 0. The van der Waals surface area contributed by atoms with Gasteiger partial charge in [-0.3, -0.25) is 9.69 Å². The SMILES string of the molecule is Cc1nnc(SCC(=O)N2CCN(C(C)c3ccc(C)c(C)c3)CC2)o1. The van der Waals surface area contributed by atoms with Crippen LogP contribution in [0.3, 0.4) is 0 Å². The first kappa shape index (κ1) is 18.9. The molecule has 0 bridgehead atoms. The van der Waals surface area contributed by atoms with Crippen LogP contribution in [-0.4, -0.2) is 57.8 Å². The first-order valence-electron chi connectivity index (χ1n) is 8.96. The molecule has 0 saturated carbocycles. The molecule has 1 atom stereocenters. The van der Waals surface area contributed by atoms with Crippen LogP contribution in [0.4, 0.5) is 0 Å². The van der Waals surface area contributed by atoms with E-state index < -0.39 is 0 Å². The zero-order valence-electron chi connectivity index (χ0n) is 15.9. The average Bonchev–Trinajstić information content (AvgIpc) is 3.07. The van der Waals surface area contributed by atoms with Crippen LogP contribution in [0.2, 0.25) is 0 Å². The van der Waals surface area contributed by atoms with E-state index in [0.29, 0.717) is 22.9 Å². The summed E-state index contributed by atoms with van der Waals surface area (Å²) in [5.74, 6) is 0.993. The van der Waals surface area contributed by atoms with Gasteiger partial charge in [0.05, 0.1) is 5.75 Å². The van der Waals surface area contributed by atoms with Crippen molar-refractivity contribution in [2.75, 3.05) is 31.9 Å². The summed E-state index contributed by atoms with van der Waals surface area (Å²) in [4.78, 5) is 16.8. The first-order chi connectivity index (χ1) is 12.4. The molecular weight excluding hydrogens is 348 g/mol. The lowest BCUT2D eigenvalue weighted by Gasteiger charge is -2.38. The van der Waals surface area contributed by atoms with E-state index in [1.54, 1.807) is 6.92 Å². The van der Waals surface area contributed by atoms with Gasteiger partial charge in [0, 0.05) is 39.1 Å². The van der Waals surface area contributed by atoms with Gasteiger partial charge >= 0.3 is 0 Å². The maximum Gasteiger partial charge on any atom is 0.277 e. The lowest BCUT2D eigenvalue weighted by Crippen LogP contribution is -2.49. The molecule has 1 aliphatic heterocycles. The van der Waals surface area contributed by atoms with E-state index in [1.807, 2.05) is 4.90 Å². The third-order valence-electron chi connectivity index (χ3n) is 5.05. The third-order valence-corrected chi connectivity index (χ3v) is 5.86. The predicted octanol–water partition coefficient (Wildman–Crippen LogP) is 2.99. The van der Waals surface area contributed by atoms with Crippen LogP contribution in [0, 0.1) is 20.8 Å². The Bertz CT molecular complexity index is 769. The molecule has 2 aromatic rings. The minimum Gasteiger partial charge on any atom is -0.416 e. The monoisotopic (exact) mass is 374 g/mol. The predicted molar refractivity (Wildman–Crippen MR) is 102 cm³/mol. The van der Waals surface area contributed by atoms with Crippen molar-refractivity contribution in [3.63, 3.8) is 0 Å². The number of piperazine rings is 1. The van der Waals surface area contributed by atoms with Crippen molar-refractivity contribution in [3.8, 4) is 0 Å². The van der Waals surface area contributed by atoms with Crippen LogP contribution < -0.4 is 0 Å². The molecule has 1 saturated heterocycles. The van der Waals surface area contributed by atoms with Crippen LogP contribution in [0.5, 0.6) is 0 Å². The van der Waals surface area contributed by atoms with Crippen molar-refractivity contribution in [2.45, 2.75) is 39.0 Å². The maximum atomic E-state index is 12.4. The zero-order valence-corrected chi connectivity index (χ0v) is 16.7. The normalized spacial score (nSPS) is 16.7. The second-order valence-electron chi connectivity index (χ2n) is 6.81. The molecule has 1 aliphatic rings. The Balaban J connectivity index is 1.50. The second-order valence-corrected chi connectivity index (χ2v) is 7.74. The van der Waals surface area contributed by atoms with E-state index in [2.05, 4.69) is 54.1 Å². The van der Waals surface area contributed by atoms with E-state index in [-0.39, 0.29) is 5.91 Å². The summed E-state index contributed by atoms with van der Waals surface area (Å²) in [7, 11) is 0. The first-order valence-corrected chi connectivity index (χ1v) is 9.94. The quantitative estimate of drug-likeness (QED) is 0.750. The molecule has 1 unspecified atom stereocenters. The molecule has 26 heavy (non-hydrogen) atoms. The van der Waals surface area contributed by atoms with Crippen LogP contribution in [0.25, 0.3) is 0 Å². The van der Waals surface area contributed by atoms with E-state index in [0.717, 1.165) is 26.2 Å². The Morgan fingerprint density at radius 3 is 2.50 bits per heavy atom. The van der Waals surface area contributed by atoms with Crippen LogP contribution >= 0.6 is 11.8 Å². The topological polar surface area (TPSA) is 62.5 Å². The summed E-state index contributed by atoms with van der Waals surface area (Å²) >= 11 is 1.30. The van der Waals surface area contributed by atoms with Crippen molar-refractivity contribution in [1.82, 2.24) is 20.0 Å². The Morgan fingerprint density at radius 1 is 1.15 bits per heavy atom. The average molecular weight is 375 g/mol. The number of benzene rings is 1. The number of carbonyl (C=O) groups is 1. The van der Waals surface area contributed by atoms with E-state index in [1.165, 1.54) is 28.5 Å². The number of nitrogens with zero attached hydrogens (tertiary/aromatic N) is 4. The lowest BCUT2D eigenvalue weighted by molar-refractivity contribution is -0.130. The van der Waals surface area contributed by atoms with Crippen molar-refractivity contribution < 1.29 is 9.21 Å². The molecule has 0 spiro atoms. The molecule has 0 radical (unpaired) electrons. The van der Waals surface area contributed by atoms with Crippen LogP contribution in [0.15, 0.2) is 27.8 Å². The van der Waals surface area contributed by atoms with Gasteiger partial charge in [-0.15, -0.1) is 10.2 Å². The van der Waals surface area contributed by atoms with Gasteiger partial charge in [0.15, 0.2) is 0 Å². The van der Waals surface area contributed by atoms with Gasteiger partial charge < -0.3 is 9.32 Å². The number of aryl methyl sites for hydroxylation is 3. The van der Waals surface area contributed by atoms with Crippen molar-refractivity contribution in [1.29, 1.82) is 0 Å². The van der Waals surface area contributed by atoms with Gasteiger partial charge in [-0.25, -0.2) is 0 Å². The Labute approximate surface area is 159 Å². The molecule has 0 aliphatic carbocycles. The molecule has 2 heterocycles. The number of amides is 1. The van der Waals surface area contributed by atoms with Gasteiger partial charge in [-0.1, -0.05) is 30.0 Å². The highest BCUT2D eigenvalue weighted by Gasteiger charge is 2.25. The molecule has 6 nitrogen and oxygen atoms in total. The fourth-order valence-electron chi connectivity index (χ4n) is 3.15. The molecule has 1 fully saturated rings. The summed E-state index contributed by atoms with van der Waals surface area (Å²) in [5.41, 5.74) is 4.00. The molecule has 7 heteroatoms. The van der Waals surface area contributed by atoms with Gasteiger partial charge in [0.1, 0.15) is 0 Å². The smallest absolute Gasteiger partial charge is 0.277 e. The molecule has 0 N–H and O–H groups in total. The number of carbonyl (C=O) groups excluding carboxylic acids is 1. The number of aromatic nitrogens is 2. The summed E-state index contributed by atoms with van der Waals surface area (Å²) in [6.45, 7) is 11.6. The third kappa shape index (κ3) is 4.45. The standard InChI is InChI=1S/C19H26N4O2S/c1-13-5-6-17(11-14(13)2)15(3)22-7-9-23(10-8-22)18(24)12-26-19-21-20-16(4)25-19/h5-6,11,15H,7-10,12H2,1-4H3. The van der Waals surface area contributed by atoms with Crippen molar-refractivity contribution >= 4 is 17.7 Å². The molecule has 1 aromatic heterocycles. The zero-order chi connectivity index (χ0) is 18.7. The highest BCUT2D eigenvalue weighted by molar-refractivity contribution is 7.99. The van der Waals surface area contributed by atoms with Crippen molar-refractivity contribution in [2.24, 2.45) is 0 Å². The van der Waals surface area contributed by atoms with Crippen LogP contribution in [-0.2, 0) is 4.79 Å².